The minimum absolute atomic E-state index is 0.0892. The number of anilines is 2. The molecule has 0 fully saturated rings. The smallest absolute Gasteiger partial charge is 0.267 e. The van der Waals surface area contributed by atoms with Crippen molar-refractivity contribution in [3.8, 4) is 0 Å². The SMILES string of the molecule is COCCCN(C)C(=O)c1sc(NCC(C)C)nc1N. The number of thiazole rings is 1. The monoisotopic (exact) mass is 300 g/mol. The number of hydrogen-bond donors (Lipinski definition) is 2. The third kappa shape index (κ3) is 4.97. The Kier molecular flexibility index (Phi) is 6.74. The van der Waals surface area contributed by atoms with Gasteiger partial charge in [-0.1, -0.05) is 25.2 Å². The number of amides is 1. The minimum Gasteiger partial charge on any atom is -0.385 e. The normalized spacial score (nSPS) is 10.8. The number of carbonyl (C=O) groups excluding carboxylic acids is 1. The first-order valence-electron chi connectivity index (χ1n) is 6.70. The Hall–Kier alpha value is -1.34. The molecule has 0 radical (unpaired) electrons. The third-order valence-electron chi connectivity index (χ3n) is 2.70. The minimum atomic E-state index is -0.0892. The van der Waals surface area contributed by atoms with Gasteiger partial charge in [0.25, 0.3) is 5.91 Å². The molecule has 1 aromatic rings. The summed E-state index contributed by atoms with van der Waals surface area (Å²) in [5.74, 6) is 0.717. The van der Waals surface area contributed by atoms with Crippen LogP contribution in [0.2, 0.25) is 0 Å². The van der Waals surface area contributed by atoms with Gasteiger partial charge in [0, 0.05) is 33.9 Å². The summed E-state index contributed by atoms with van der Waals surface area (Å²) in [5.41, 5.74) is 5.83. The number of methoxy groups -OCH3 is 1. The van der Waals surface area contributed by atoms with Gasteiger partial charge in [-0.2, -0.15) is 0 Å². The summed E-state index contributed by atoms with van der Waals surface area (Å²) in [7, 11) is 3.41. The second kappa shape index (κ2) is 8.06. The van der Waals surface area contributed by atoms with Gasteiger partial charge in [0.15, 0.2) is 5.13 Å². The van der Waals surface area contributed by atoms with Crippen molar-refractivity contribution in [1.82, 2.24) is 9.88 Å². The number of aromatic nitrogens is 1. The van der Waals surface area contributed by atoms with Crippen molar-refractivity contribution in [2.45, 2.75) is 20.3 Å². The molecule has 0 aliphatic carbocycles. The second-order valence-corrected chi connectivity index (χ2v) is 6.08. The summed E-state index contributed by atoms with van der Waals surface area (Å²) in [6.07, 6.45) is 0.801. The molecule has 0 aliphatic heterocycles. The van der Waals surface area contributed by atoms with Gasteiger partial charge in [-0.3, -0.25) is 4.79 Å². The second-order valence-electron chi connectivity index (χ2n) is 5.08. The van der Waals surface area contributed by atoms with Crippen molar-refractivity contribution < 1.29 is 9.53 Å². The highest BCUT2D eigenvalue weighted by molar-refractivity contribution is 7.18. The summed E-state index contributed by atoms with van der Waals surface area (Å²) in [5, 5.41) is 3.89. The van der Waals surface area contributed by atoms with Gasteiger partial charge < -0.3 is 20.7 Å². The molecule has 20 heavy (non-hydrogen) atoms. The number of nitrogens with two attached hydrogens (primary N) is 1. The maximum atomic E-state index is 12.3. The molecule has 1 amide bonds. The summed E-state index contributed by atoms with van der Waals surface area (Å²) >= 11 is 1.31. The van der Waals surface area contributed by atoms with Gasteiger partial charge >= 0.3 is 0 Å². The Balaban J connectivity index is 2.63. The summed E-state index contributed by atoms with van der Waals surface area (Å²) in [4.78, 5) is 18.6. The van der Waals surface area contributed by atoms with E-state index < -0.39 is 0 Å². The average Bonchev–Trinajstić information content (AvgIpc) is 2.77. The predicted molar refractivity (Wildman–Crippen MR) is 83.3 cm³/mol. The Bertz CT molecular complexity index is 434. The molecule has 1 aromatic heterocycles. The topological polar surface area (TPSA) is 80.5 Å². The lowest BCUT2D eigenvalue weighted by molar-refractivity contribution is 0.0785. The number of nitrogen functional groups attached to an aromatic ring is 1. The highest BCUT2D eigenvalue weighted by Crippen LogP contribution is 2.26. The van der Waals surface area contributed by atoms with Crippen molar-refractivity contribution in [2.24, 2.45) is 5.92 Å². The van der Waals surface area contributed by atoms with Crippen LogP contribution in [-0.4, -0.2) is 49.6 Å². The number of ether oxygens (including phenoxy) is 1. The first-order valence-corrected chi connectivity index (χ1v) is 7.52. The van der Waals surface area contributed by atoms with Crippen LogP contribution in [0.15, 0.2) is 0 Å². The van der Waals surface area contributed by atoms with E-state index in [1.54, 1.807) is 19.1 Å². The molecule has 0 saturated carbocycles. The zero-order chi connectivity index (χ0) is 15.1. The van der Waals surface area contributed by atoms with Crippen molar-refractivity contribution in [3.05, 3.63) is 4.88 Å². The standard InChI is InChI=1S/C13H24N4O2S/c1-9(2)8-15-13-16-11(14)10(20-13)12(18)17(3)6-5-7-19-4/h9H,5-8,14H2,1-4H3,(H,15,16). The highest BCUT2D eigenvalue weighted by atomic mass is 32.1. The fourth-order valence-electron chi connectivity index (χ4n) is 1.57. The van der Waals surface area contributed by atoms with E-state index in [-0.39, 0.29) is 5.91 Å². The first-order chi connectivity index (χ1) is 9.45. The van der Waals surface area contributed by atoms with Crippen LogP contribution in [0.3, 0.4) is 0 Å². The van der Waals surface area contributed by atoms with E-state index in [1.807, 2.05) is 0 Å². The molecule has 0 unspecified atom stereocenters. The Morgan fingerprint density at radius 2 is 2.25 bits per heavy atom. The van der Waals surface area contributed by atoms with Crippen molar-refractivity contribution in [3.63, 3.8) is 0 Å². The molecule has 0 saturated heterocycles. The fraction of sp³-hybridized carbons (Fsp3) is 0.692. The van der Waals surface area contributed by atoms with Crippen molar-refractivity contribution in [2.75, 3.05) is 44.9 Å². The van der Waals surface area contributed by atoms with Crippen LogP contribution in [0.5, 0.6) is 0 Å². The molecule has 1 heterocycles. The molecule has 0 atom stereocenters. The Labute approximate surface area is 124 Å². The van der Waals surface area contributed by atoms with Gasteiger partial charge in [0.2, 0.25) is 0 Å². The third-order valence-corrected chi connectivity index (χ3v) is 3.71. The summed E-state index contributed by atoms with van der Waals surface area (Å²) < 4.78 is 4.98. The van der Waals surface area contributed by atoms with Crippen LogP contribution in [-0.2, 0) is 4.74 Å². The lowest BCUT2D eigenvalue weighted by Crippen LogP contribution is -2.28. The van der Waals surface area contributed by atoms with Crippen LogP contribution >= 0.6 is 11.3 Å². The first kappa shape index (κ1) is 16.7. The molecule has 0 aliphatic rings. The van der Waals surface area contributed by atoms with E-state index >= 15 is 0 Å². The largest absolute Gasteiger partial charge is 0.385 e. The van der Waals surface area contributed by atoms with Crippen molar-refractivity contribution in [1.29, 1.82) is 0 Å². The molecular weight excluding hydrogens is 276 g/mol. The molecule has 114 valence electrons. The summed E-state index contributed by atoms with van der Waals surface area (Å²) in [6.45, 7) is 6.30. The number of rotatable bonds is 8. The van der Waals surface area contributed by atoms with Crippen LogP contribution < -0.4 is 11.1 Å². The van der Waals surface area contributed by atoms with Gasteiger partial charge in [0.1, 0.15) is 10.7 Å². The van der Waals surface area contributed by atoms with E-state index in [0.29, 0.717) is 34.9 Å². The molecule has 1 rings (SSSR count). The lowest BCUT2D eigenvalue weighted by Gasteiger charge is -2.15. The van der Waals surface area contributed by atoms with Gasteiger partial charge in [-0.05, 0) is 12.3 Å². The van der Waals surface area contributed by atoms with E-state index in [2.05, 4.69) is 24.1 Å². The molecule has 7 heteroatoms. The molecule has 0 aromatic carbocycles. The predicted octanol–water partition coefficient (Wildman–Crippen LogP) is 1.90. The average molecular weight is 300 g/mol. The van der Waals surface area contributed by atoms with E-state index in [0.717, 1.165) is 13.0 Å². The Morgan fingerprint density at radius 1 is 1.55 bits per heavy atom. The van der Waals surface area contributed by atoms with Gasteiger partial charge in [-0.25, -0.2) is 4.98 Å². The summed E-state index contributed by atoms with van der Waals surface area (Å²) in [6, 6.07) is 0. The van der Waals surface area contributed by atoms with E-state index in [4.69, 9.17) is 10.5 Å². The molecule has 3 N–H and O–H groups in total. The zero-order valence-corrected chi connectivity index (χ0v) is 13.4. The fourth-order valence-corrected chi connectivity index (χ4v) is 2.46. The van der Waals surface area contributed by atoms with Crippen LogP contribution in [0.1, 0.15) is 29.9 Å². The quantitative estimate of drug-likeness (QED) is 0.717. The van der Waals surface area contributed by atoms with E-state index in [9.17, 15) is 4.79 Å². The van der Waals surface area contributed by atoms with Crippen LogP contribution in [0.4, 0.5) is 10.9 Å². The van der Waals surface area contributed by atoms with E-state index in [1.165, 1.54) is 11.3 Å². The number of carbonyl (C=O) groups is 1. The maximum absolute atomic E-state index is 12.3. The number of nitrogens with one attached hydrogen (secondary N) is 1. The molecular formula is C13H24N4O2S. The molecule has 6 nitrogen and oxygen atoms in total. The Morgan fingerprint density at radius 3 is 2.85 bits per heavy atom. The van der Waals surface area contributed by atoms with Crippen molar-refractivity contribution >= 4 is 28.2 Å². The zero-order valence-electron chi connectivity index (χ0n) is 12.6. The van der Waals surface area contributed by atoms with Gasteiger partial charge in [-0.15, -0.1) is 0 Å². The maximum Gasteiger partial charge on any atom is 0.267 e. The van der Waals surface area contributed by atoms with Gasteiger partial charge in [0.05, 0.1) is 0 Å². The highest BCUT2D eigenvalue weighted by Gasteiger charge is 2.19. The van der Waals surface area contributed by atoms with Crippen LogP contribution in [0.25, 0.3) is 0 Å². The molecule has 0 bridgehead atoms. The number of nitrogens with zero attached hydrogens (tertiary/aromatic N) is 2. The van der Waals surface area contributed by atoms with Crippen LogP contribution in [0, 0.1) is 5.92 Å². The molecule has 0 spiro atoms. The number of hydrogen-bond acceptors (Lipinski definition) is 6. The lowest BCUT2D eigenvalue weighted by atomic mass is 10.2.